The quantitative estimate of drug-likeness (QED) is 0.352. The van der Waals surface area contributed by atoms with Crippen molar-refractivity contribution >= 4 is 34.2 Å². The van der Waals surface area contributed by atoms with Crippen LogP contribution < -0.4 is 0 Å². The van der Waals surface area contributed by atoms with E-state index in [1.165, 1.54) is 38.5 Å². The van der Waals surface area contributed by atoms with Gasteiger partial charge < -0.3 is 0 Å². The van der Waals surface area contributed by atoms with Crippen molar-refractivity contribution in [1.82, 2.24) is 9.97 Å². The highest BCUT2D eigenvalue weighted by Gasteiger charge is 2.20. The van der Waals surface area contributed by atoms with Crippen LogP contribution in [-0.4, -0.2) is 9.97 Å². The van der Waals surface area contributed by atoms with Gasteiger partial charge in [-0.05, 0) is 35.4 Å². The fraction of sp³-hybridized carbons (Fsp3) is 0.412. The summed E-state index contributed by atoms with van der Waals surface area (Å²) in [5, 5.41) is 0.587. The minimum atomic E-state index is 0.462. The monoisotopic (exact) mass is 412 g/mol. The molecule has 21 heavy (non-hydrogen) atoms. The molecular weight excluding hydrogens is 395 g/mol. The zero-order chi connectivity index (χ0) is 14.7. The molecule has 0 radical (unpaired) electrons. The van der Waals surface area contributed by atoms with E-state index >= 15 is 0 Å². The van der Waals surface area contributed by atoms with Crippen molar-refractivity contribution in [2.24, 2.45) is 0 Å². The lowest BCUT2D eigenvalue weighted by Gasteiger charge is -2.15. The third-order valence-corrected chi connectivity index (χ3v) is 5.71. The molecular formula is C17H18ClIN2. The van der Waals surface area contributed by atoms with Crippen molar-refractivity contribution in [3.8, 4) is 11.3 Å². The summed E-state index contributed by atoms with van der Waals surface area (Å²) < 4.78 is 0.942. The van der Waals surface area contributed by atoms with Crippen LogP contribution in [0.15, 0.2) is 30.3 Å². The predicted molar refractivity (Wildman–Crippen MR) is 95.6 cm³/mol. The van der Waals surface area contributed by atoms with E-state index in [2.05, 4.69) is 39.7 Å². The third-order valence-electron chi connectivity index (χ3n) is 4.10. The fourth-order valence-electron chi connectivity index (χ4n) is 2.94. The predicted octanol–water partition coefficient (Wildman–Crippen LogP) is 5.84. The van der Waals surface area contributed by atoms with E-state index in [4.69, 9.17) is 16.6 Å². The van der Waals surface area contributed by atoms with E-state index in [9.17, 15) is 0 Å². The van der Waals surface area contributed by atoms with Crippen molar-refractivity contribution in [3.63, 3.8) is 0 Å². The Labute approximate surface area is 144 Å². The molecule has 110 valence electrons. The van der Waals surface area contributed by atoms with Crippen LogP contribution >= 0.6 is 34.2 Å². The summed E-state index contributed by atoms with van der Waals surface area (Å²) in [6.45, 7) is 0. The van der Waals surface area contributed by atoms with E-state index in [0.29, 0.717) is 11.1 Å². The van der Waals surface area contributed by atoms with Crippen molar-refractivity contribution in [3.05, 3.63) is 44.9 Å². The molecule has 0 bridgehead atoms. The number of hydrogen-bond donors (Lipinski definition) is 0. The molecule has 0 unspecified atom stereocenters. The van der Waals surface area contributed by atoms with Crippen molar-refractivity contribution in [2.45, 2.75) is 44.4 Å². The van der Waals surface area contributed by atoms with Crippen LogP contribution in [0, 0.1) is 3.57 Å². The molecule has 0 atom stereocenters. The van der Waals surface area contributed by atoms with Gasteiger partial charge in [0.1, 0.15) is 11.0 Å². The molecule has 0 N–H and O–H groups in total. The van der Waals surface area contributed by atoms with E-state index in [1.807, 2.05) is 18.2 Å². The highest BCUT2D eigenvalue weighted by molar-refractivity contribution is 14.1. The second kappa shape index (κ2) is 7.05. The number of hydrogen-bond acceptors (Lipinski definition) is 2. The molecule has 1 aliphatic carbocycles. The first kappa shape index (κ1) is 15.2. The first-order valence-electron chi connectivity index (χ1n) is 7.54. The molecule has 3 rings (SSSR count). The molecule has 1 aromatic carbocycles. The van der Waals surface area contributed by atoms with Gasteiger partial charge in [-0.3, -0.25) is 0 Å². The van der Waals surface area contributed by atoms with Gasteiger partial charge in [-0.15, -0.1) is 0 Å². The SMILES string of the molecule is Clc1nc(C2CCCCCC2)nc(-c2ccccc2)c1I. The van der Waals surface area contributed by atoms with Crippen LogP contribution in [-0.2, 0) is 0 Å². The molecule has 1 fully saturated rings. The summed E-state index contributed by atoms with van der Waals surface area (Å²) >= 11 is 8.62. The number of rotatable bonds is 2. The Morgan fingerprint density at radius 3 is 2.29 bits per heavy atom. The Balaban J connectivity index is 2.01. The lowest BCUT2D eigenvalue weighted by atomic mass is 9.99. The second-order valence-corrected chi connectivity index (χ2v) is 7.03. The van der Waals surface area contributed by atoms with Gasteiger partial charge in [0.15, 0.2) is 0 Å². The van der Waals surface area contributed by atoms with Crippen LogP contribution in [0.1, 0.15) is 50.3 Å². The standard InChI is InChI=1S/C17H18ClIN2/c18-16-14(19)15(12-8-6-3-7-9-12)20-17(21-16)13-10-4-1-2-5-11-13/h3,6-9,13H,1-2,4-5,10-11H2. The molecule has 4 heteroatoms. The van der Waals surface area contributed by atoms with Gasteiger partial charge in [0.05, 0.1) is 9.26 Å². The summed E-state index contributed by atoms with van der Waals surface area (Å²) in [6.07, 6.45) is 7.59. The molecule has 2 aromatic rings. The van der Waals surface area contributed by atoms with Crippen molar-refractivity contribution in [1.29, 1.82) is 0 Å². The summed E-state index contributed by atoms with van der Waals surface area (Å²) in [6, 6.07) is 10.3. The van der Waals surface area contributed by atoms with E-state index in [1.54, 1.807) is 0 Å². The minimum Gasteiger partial charge on any atom is -0.231 e. The largest absolute Gasteiger partial charge is 0.231 e. The van der Waals surface area contributed by atoms with Crippen molar-refractivity contribution in [2.75, 3.05) is 0 Å². The average molecular weight is 413 g/mol. The lowest BCUT2D eigenvalue weighted by molar-refractivity contribution is 0.560. The topological polar surface area (TPSA) is 25.8 Å². The maximum atomic E-state index is 6.37. The molecule has 0 amide bonds. The van der Waals surface area contributed by atoms with Crippen LogP contribution in [0.2, 0.25) is 5.15 Å². The lowest BCUT2D eigenvalue weighted by Crippen LogP contribution is -2.07. The smallest absolute Gasteiger partial charge is 0.146 e. The van der Waals surface area contributed by atoms with Gasteiger partial charge >= 0.3 is 0 Å². The highest BCUT2D eigenvalue weighted by Crippen LogP contribution is 2.34. The normalized spacial score (nSPS) is 16.7. The van der Waals surface area contributed by atoms with Gasteiger partial charge in [0, 0.05) is 11.5 Å². The van der Waals surface area contributed by atoms with E-state index < -0.39 is 0 Å². The van der Waals surface area contributed by atoms with Gasteiger partial charge in [-0.25, -0.2) is 9.97 Å². The Morgan fingerprint density at radius 1 is 0.952 bits per heavy atom. The minimum absolute atomic E-state index is 0.462. The van der Waals surface area contributed by atoms with Crippen LogP contribution in [0.5, 0.6) is 0 Å². The summed E-state index contributed by atoms with van der Waals surface area (Å²) in [5.41, 5.74) is 2.08. The van der Waals surface area contributed by atoms with Crippen LogP contribution in [0.25, 0.3) is 11.3 Å². The zero-order valence-electron chi connectivity index (χ0n) is 11.9. The Hall–Kier alpha value is -0.680. The molecule has 1 saturated carbocycles. The fourth-order valence-corrected chi connectivity index (χ4v) is 3.67. The van der Waals surface area contributed by atoms with Crippen molar-refractivity contribution < 1.29 is 0 Å². The van der Waals surface area contributed by atoms with Gasteiger partial charge in [0.25, 0.3) is 0 Å². The van der Waals surface area contributed by atoms with E-state index in [-0.39, 0.29) is 0 Å². The summed E-state index contributed by atoms with van der Waals surface area (Å²) in [5.74, 6) is 1.39. The molecule has 0 spiro atoms. The van der Waals surface area contributed by atoms with Crippen LogP contribution in [0.4, 0.5) is 0 Å². The average Bonchev–Trinajstić information content (AvgIpc) is 2.80. The zero-order valence-corrected chi connectivity index (χ0v) is 14.8. The Bertz CT molecular complexity index is 608. The highest BCUT2D eigenvalue weighted by atomic mass is 127. The maximum Gasteiger partial charge on any atom is 0.146 e. The molecule has 1 heterocycles. The molecule has 0 saturated heterocycles. The van der Waals surface area contributed by atoms with E-state index in [0.717, 1.165) is 20.7 Å². The summed E-state index contributed by atoms with van der Waals surface area (Å²) in [4.78, 5) is 9.44. The number of halogens is 2. The number of aromatic nitrogens is 2. The molecule has 2 nitrogen and oxygen atoms in total. The maximum absolute atomic E-state index is 6.37. The second-order valence-electron chi connectivity index (χ2n) is 5.59. The van der Waals surface area contributed by atoms with Gasteiger partial charge in [-0.2, -0.15) is 0 Å². The molecule has 1 aliphatic rings. The van der Waals surface area contributed by atoms with Gasteiger partial charge in [-0.1, -0.05) is 67.6 Å². The first-order valence-corrected chi connectivity index (χ1v) is 8.99. The molecule has 1 aromatic heterocycles. The number of benzene rings is 1. The Morgan fingerprint density at radius 2 is 1.62 bits per heavy atom. The van der Waals surface area contributed by atoms with Gasteiger partial charge in [0.2, 0.25) is 0 Å². The van der Waals surface area contributed by atoms with Crippen LogP contribution in [0.3, 0.4) is 0 Å². The Kier molecular flexibility index (Phi) is 5.11. The molecule has 0 aliphatic heterocycles. The first-order chi connectivity index (χ1) is 10.3. The number of nitrogens with zero attached hydrogens (tertiary/aromatic N) is 2. The summed E-state index contributed by atoms with van der Waals surface area (Å²) in [7, 11) is 0. The third kappa shape index (κ3) is 3.57.